The molecule has 2 aromatic carbocycles. The van der Waals surface area contributed by atoms with E-state index in [0.717, 1.165) is 5.56 Å². The summed E-state index contributed by atoms with van der Waals surface area (Å²) in [6.07, 6.45) is -0.388. The van der Waals surface area contributed by atoms with Gasteiger partial charge in [-0.2, -0.15) is 0 Å². The van der Waals surface area contributed by atoms with Crippen molar-refractivity contribution in [1.29, 1.82) is 0 Å². The Morgan fingerprint density at radius 1 is 1.12 bits per heavy atom. The van der Waals surface area contributed by atoms with Gasteiger partial charge in [0.15, 0.2) is 17.6 Å². The highest BCUT2D eigenvalue weighted by Crippen LogP contribution is 2.46. The number of carboxylic acids is 1. The van der Waals surface area contributed by atoms with Crippen LogP contribution < -0.4 is 14.2 Å². The number of ether oxygens (including phenoxy) is 3. The zero-order chi connectivity index (χ0) is 16.7. The van der Waals surface area contributed by atoms with E-state index in [1.807, 2.05) is 0 Å². The molecule has 2 atom stereocenters. The molecule has 2 heterocycles. The van der Waals surface area contributed by atoms with Gasteiger partial charge >= 0.3 is 5.97 Å². The van der Waals surface area contributed by atoms with Crippen LogP contribution in [0.3, 0.4) is 0 Å². The molecule has 0 amide bonds. The van der Waals surface area contributed by atoms with Gasteiger partial charge in [-0.15, -0.1) is 0 Å². The zero-order valence-corrected chi connectivity index (χ0v) is 12.7. The van der Waals surface area contributed by atoms with Gasteiger partial charge in [-0.3, -0.25) is 4.79 Å². The first-order chi connectivity index (χ1) is 11.6. The molecule has 0 saturated carbocycles. The van der Waals surface area contributed by atoms with Crippen molar-refractivity contribution in [2.24, 2.45) is 0 Å². The second-order valence-corrected chi connectivity index (χ2v) is 5.92. The van der Waals surface area contributed by atoms with Crippen LogP contribution in [0.1, 0.15) is 29.6 Å². The highest BCUT2D eigenvalue weighted by molar-refractivity contribution is 5.69. The van der Waals surface area contributed by atoms with Gasteiger partial charge in [0, 0.05) is 17.5 Å². The Morgan fingerprint density at radius 3 is 2.75 bits per heavy atom. The van der Waals surface area contributed by atoms with E-state index < -0.39 is 12.1 Å². The molecular weight excluding hydrogens is 315 g/mol. The third-order valence-electron chi connectivity index (χ3n) is 4.26. The van der Waals surface area contributed by atoms with Crippen LogP contribution in [0.4, 0.5) is 4.39 Å². The Labute approximate surface area is 137 Å². The molecule has 0 spiro atoms. The standard InChI is InChI=1S/C18H15FO5/c19-12-3-1-2-10(4-12)17-9-23-15-6-13-11(5-18(20)21)8-22-14(13)7-16(15)24-17/h1-4,6-7,11,17H,5,8-9H2,(H,20,21)/t11-,17-/m1/s1. The molecule has 0 fully saturated rings. The maximum Gasteiger partial charge on any atom is 0.304 e. The monoisotopic (exact) mass is 330 g/mol. The number of fused-ring (bicyclic) bond motifs is 2. The van der Waals surface area contributed by atoms with Crippen molar-refractivity contribution in [3.8, 4) is 17.2 Å². The van der Waals surface area contributed by atoms with E-state index in [2.05, 4.69) is 0 Å². The SMILES string of the molecule is O=C(O)C[C@@H]1COc2cc3c(cc21)OC[C@H](c1cccc(F)c1)O3. The third-order valence-corrected chi connectivity index (χ3v) is 4.26. The second-order valence-electron chi connectivity index (χ2n) is 5.92. The lowest BCUT2D eigenvalue weighted by Gasteiger charge is -2.27. The topological polar surface area (TPSA) is 65.0 Å². The average Bonchev–Trinajstić information content (AvgIpc) is 2.93. The molecule has 2 aromatic rings. The lowest BCUT2D eigenvalue weighted by atomic mass is 9.97. The number of halogens is 1. The van der Waals surface area contributed by atoms with E-state index in [0.29, 0.717) is 29.4 Å². The number of hydrogen-bond acceptors (Lipinski definition) is 4. The Morgan fingerprint density at radius 2 is 1.96 bits per heavy atom. The van der Waals surface area contributed by atoms with Crippen molar-refractivity contribution >= 4 is 5.97 Å². The predicted octanol–water partition coefficient (Wildman–Crippen LogP) is 3.29. The van der Waals surface area contributed by atoms with Crippen LogP contribution in [0, 0.1) is 5.82 Å². The van der Waals surface area contributed by atoms with Gasteiger partial charge < -0.3 is 19.3 Å². The van der Waals surface area contributed by atoms with E-state index in [1.165, 1.54) is 12.1 Å². The first-order valence-electron chi connectivity index (χ1n) is 7.67. The summed E-state index contributed by atoms with van der Waals surface area (Å²) in [6.45, 7) is 0.595. The Bertz CT molecular complexity index is 804. The van der Waals surface area contributed by atoms with Crippen LogP contribution in [0.25, 0.3) is 0 Å². The molecule has 0 aliphatic carbocycles. The summed E-state index contributed by atoms with van der Waals surface area (Å²) in [5.74, 6) is 0.316. The summed E-state index contributed by atoms with van der Waals surface area (Å²) >= 11 is 0. The molecule has 0 saturated heterocycles. The molecule has 1 N–H and O–H groups in total. The number of benzene rings is 2. The minimum absolute atomic E-state index is 0.0125. The summed E-state index contributed by atoms with van der Waals surface area (Å²) < 4.78 is 30.6. The van der Waals surface area contributed by atoms with Crippen molar-refractivity contribution in [3.63, 3.8) is 0 Å². The summed E-state index contributed by atoms with van der Waals surface area (Å²) in [7, 11) is 0. The minimum Gasteiger partial charge on any atom is -0.492 e. The smallest absolute Gasteiger partial charge is 0.304 e. The first-order valence-corrected chi connectivity index (χ1v) is 7.67. The van der Waals surface area contributed by atoms with Crippen molar-refractivity contribution < 1.29 is 28.5 Å². The largest absolute Gasteiger partial charge is 0.492 e. The van der Waals surface area contributed by atoms with Gasteiger partial charge in [0.25, 0.3) is 0 Å². The Hall–Kier alpha value is -2.76. The van der Waals surface area contributed by atoms with Crippen molar-refractivity contribution in [3.05, 3.63) is 53.3 Å². The van der Waals surface area contributed by atoms with E-state index >= 15 is 0 Å². The number of aliphatic carboxylic acids is 1. The van der Waals surface area contributed by atoms with E-state index in [1.54, 1.807) is 24.3 Å². The van der Waals surface area contributed by atoms with Crippen LogP contribution in [0.15, 0.2) is 36.4 Å². The van der Waals surface area contributed by atoms with Gasteiger partial charge in [0.2, 0.25) is 0 Å². The van der Waals surface area contributed by atoms with Gasteiger partial charge in [-0.05, 0) is 23.8 Å². The number of carbonyl (C=O) groups is 1. The fraction of sp³-hybridized carbons (Fsp3) is 0.278. The fourth-order valence-electron chi connectivity index (χ4n) is 3.09. The summed E-state index contributed by atoms with van der Waals surface area (Å²) in [6, 6.07) is 9.72. The molecule has 2 aliphatic heterocycles. The van der Waals surface area contributed by atoms with Gasteiger partial charge in [-0.1, -0.05) is 12.1 Å². The zero-order valence-electron chi connectivity index (χ0n) is 12.7. The maximum atomic E-state index is 13.4. The Kier molecular flexibility index (Phi) is 3.52. The van der Waals surface area contributed by atoms with Crippen LogP contribution >= 0.6 is 0 Å². The molecule has 2 aliphatic rings. The molecular formula is C18H15FO5. The molecule has 0 bridgehead atoms. The summed E-state index contributed by atoms with van der Waals surface area (Å²) in [5.41, 5.74) is 1.52. The first kappa shape index (κ1) is 14.8. The molecule has 0 aromatic heterocycles. The molecule has 124 valence electrons. The predicted molar refractivity (Wildman–Crippen MR) is 82.2 cm³/mol. The number of carboxylic acid groups (broad SMARTS) is 1. The second kappa shape index (κ2) is 5.70. The van der Waals surface area contributed by atoms with Crippen molar-refractivity contribution in [1.82, 2.24) is 0 Å². The van der Waals surface area contributed by atoms with Crippen LogP contribution in [0.2, 0.25) is 0 Å². The molecule has 6 heteroatoms. The van der Waals surface area contributed by atoms with Crippen molar-refractivity contribution in [2.75, 3.05) is 13.2 Å². The van der Waals surface area contributed by atoms with Gasteiger partial charge in [0.05, 0.1) is 13.0 Å². The summed E-state index contributed by atoms with van der Waals surface area (Å²) in [4.78, 5) is 10.9. The van der Waals surface area contributed by atoms with Crippen molar-refractivity contribution in [2.45, 2.75) is 18.4 Å². The lowest BCUT2D eigenvalue weighted by Crippen LogP contribution is -2.21. The lowest BCUT2D eigenvalue weighted by molar-refractivity contribution is -0.137. The summed E-state index contributed by atoms with van der Waals surface area (Å²) in [5, 5.41) is 8.98. The van der Waals surface area contributed by atoms with Crippen LogP contribution in [-0.2, 0) is 4.79 Å². The quantitative estimate of drug-likeness (QED) is 0.935. The average molecular weight is 330 g/mol. The van der Waals surface area contributed by atoms with E-state index in [9.17, 15) is 9.18 Å². The number of hydrogen-bond donors (Lipinski definition) is 1. The minimum atomic E-state index is -0.863. The molecule has 5 nitrogen and oxygen atoms in total. The Balaban J connectivity index is 1.61. The maximum absolute atomic E-state index is 13.4. The fourth-order valence-corrected chi connectivity index (χ4v) is 3.09. The van der Waals surface area contributed by atoms with Gasteiger partial charge in [0.1, 0.15) is 18.2 Å². The normalized spacial score (nSPS) is 21.0. The van der Waals surface area contributed by atoms with Crippen LogP contribution in [-0.4, -0.2) is 24.3 Å². The van der Waals surface area contributed by atoms with E-state index in [4.69, 9.17) is 19.3 Å². The van der Waals surface area contributed by atoms with E-state index in [-0.39, 0.29) is 24.8 Å². The molecule has 0 unspecified atom stereocenters. The van der Waals surface area contributed by atoms with Crippen LogP contribution in [0.5, 0.6) is 17.2 Å². The van der Waals surface area contributed by atoms with Gasteiger partial charge in [-0.25, -0.2) is 4.39 Å². The molecule has 0 radical (unpaired) electrons. The number of rotatable bonds is 3. The molecule has 4 rings (SSSR count). The molecule has 24 heavy (non-hydrogen) atoms. The third kappa shape index (κ3) is 2.64. The highest BCUT2D eigenvalue weighted by Gasteiger charge is 2.31. The highest BCUT2D eigenvalue weighted by atomic mass is 19.1.